The molecule has 0 atom stereocenters. The normalized spacial score (nSPS) is 10.1. The van der Waals surface area contributed by atoms with Crippen LogP contribution in [-0.2, 0) is 0 Å². The van der Waals surface area contributed by atoms with E-state index in [-0.39, 0.29) is 16.9 Å². The molecule has 0 spiro atoms. The van der Waals surface area contributed by atoms with Crippen molar-refractivity contribution in [3.8, 4) is 17.9 Å². The van der Waals surface area contributed by atoms with Crippen LogP contribution < -0.4 is 9.57 Å². The SMILES string of the molecule is COc1ccc(C(=O)c2cn(OC)c3cc(C#N)c(C#N)cc23)cc1. The minimum Gasteiger partial charge on any atom is -0.497 e. The summed E-state index contributed by atoms with van der Waals surface area (Å²) in [6, 6.07) is 13.8. The first-order valence-electron chi connectivity index (χ1n) is 7.35. The molecular formula is C19H13N3O3. The third-order valence-electron chi connectivity index (χ3n) is 3.94. The molecule has 0 saturated heterocycles. The van der Waals surface area contributed by atoms with Gasteiger partial charge in [0, 0.05) is 10.9 Å². The Morgan fingerprint density at radius 3 is 2.24 bits per heavy atom. The van der Waals surface area contributed by atoms with Gasteiger partial charge in [-0.1, -0.05) is 0 Å². The average molecular weight is 331 g/mol. The number of carbonyl (C=O) groups is 1. The predicted molar refractivity (Wildman–Crippen MR) is 90.3 cm³/mol. The van der Waals surface area contributed by atoms with Crippen LogP contribution in [0.25, 0.3) is 10.9 Å². The number of methoxy groups -OCH3 is 1. The highest BCUT2D eigenvalue weighted by molar-refractivity contribution is 6.16. The van der Waals surface area contributed by atoms with Crippen molar-refractivity contribution in [2.45, 2.75) is 0 Å². The van der Waals surface area contributed by atoms with Gasteiger partial charge in [-0.15, -0.1) is 0 Å². The minimum atomic E-state index is -0.211. The smallest absolute Gasteiger partial charge is 0.195 e. The number of aromatic nitrogens is 1. The van der Waals surface area contributed by atoms with E-state index in [1.54, 1.807) is 49.7 Å². The Morgan fingerprint density at radius 2 is 1.68 bits per heavy atom. The van der Waals surface area contributed by atoms with Gasteiger partial charge in [0.1, 0.15) is 25.0 Å². The van der Waals surface area contributed by atoms with Crippen LogP contribution in [0.15, 0.2) is 42.6 Å². The van der Waals surface area contributed by atoms with Gasteiger partial charge in [0.05, 0.1) is 35.5 Å². The highest BCUT2D eigenvalue weighted by atomic mass is 16.6. The Kier molecular flexibility index (Phi) is 4.11. The molecule has 6 nitrogen and oxygen atoms in total. The van der Waals surface area contributed by atoms with E-state index in [4.69, 9.17) is 9.57 Å². The lowest BCUT2D eigenvalue weighted by Gasteiger charge is -2.03. The number of fused-ring (bicyclic) bond motifs is 1. The average Bonchev–Trinajstić information content (AvgIpc) is 3.03. The molecule has 0 amide bonds. The largest absolute Gasteiger partial charge is 0.497 e. The van der Waals surface area contributed by atoms with Gasteiger partial charge < -0.3 is 9.57 Å². The van der Waals surface area contributed by atoms with Crippen molar-refractivity contribution in [3.63, 3.8) is 0 Å². The number of hydrogen-bond acceptors (Lipinski definition) is 5. The maximum atomic E-state index is 12.9. The fourth-order valence-electron chi connectivity index (χ4n) is 2.66. The van der Waals surface area contributed by atoms with Crippen molar-refractivity contribution in [2.75, 3.05) is 14.2 Å². The number of nitrogens with zero attached hydrogens (tertiary/aromatic N) is 3. The van der Waals surface area contributed by atoms with Crippen molar-refractivity contribution in [1.82, 2.24) is 4.73 Å². The quantitative estimate of drug-likeness (QED) is 0.686. The number of carbonyl (C=O) groups excluding carboxylic acids is 1. The highest BCUT2D eigenvalue weighted by Crippen LogP contribution is 2.27. The lowest BCUT2D eigenvalue weighted by Crippen LogP contribution is -2.04. The first-order valence-corrected chi connectivity index (χ1v) is 7.35. The molecular weight excluding hydrogens is 318 g/mol. The van der Waals surface area contributed by atoms with E-state index in [2.05, 4.69) is 0 Å². The summed E-state index contributed by atoms with van der Waals surface area (Å²) in [4.78, 5) is 18.1. The van der Waals surface area contributed by atoms with E-state index in [1.807, 2.05) is 12.1 Å². The number of ether oxygens (including phenoxy) is 1. The monoisotopic (exact) mass is 331 g/mol. The summed E-state index contributed by atoms with van der Waals surface area (Å²) in [6.45, 7) is 0. The molecule has 1 heterocycles. The number of hydrogen-bond donors (Lipinski definition) is 0. The molecule has 122 valence electrons. The molecule has 0 N–H and O–H groups in total. The summed E-state index contributed by atoms with van der Waals surface area (Å²) in [5.41, 5.74) is 1.87. The van der Waals surface area contributed by atoms with Gasteiger partial charge in [0.15, 0.2) is 5.78 Å². The Morgan fingerprint density at radius 1 is 1.04 bits per heavy atom. The fraction of sp³-hybridized carbons (Fsp3) is 0.105. The van der Waals surface area contributed by atoms with E-state index in [0.29, 0.717) is 27.8 Å². The van der Waals surface area contributed by atoms with Crippen molar-refractivity contribution in [3.05, 3.63) is 64.8 Å². The molecule has 25 heavy (non-hydrogen) atoms. The Hall–Kier alpha value is -3.77. The van der Waals surface area contributed by atoms with Crippen LogP contribution in [0.2, 0.25) is 0 Å². The molecule has 0 fully saturated rings. The van der Waals surface area contributed by atoms with Crippen molar-refractivity contribution >= 4 is 16.7 Å². The van der Waals surface area contributed by atoms with Crippen LogP contribution in [0.4, 0.5) is 0 Å². The van der Waals surface area contributed by atoms with Crippen LogP contribution in [-0.4, -0.2) is 24.7 Å². The molecule has 0 saturated carbocycles. The first-order chi connectivity index (χ1) is 12.1. The first kappa shape index (κ1) is 16.1. The number of nitriles is 2. The zero-order chi connectivity index (χ0) is 18.0. The van der Waals surface area contributed by atoms with Crippen LogP contribution in [0, 0.1) is 22.7 Å². The molecule has 0 radical (unpaired) electrons. The summed E-state index contributed by atoms with van der Waals surface area (Å²) in [6.07, 6.45) is 1.56. The molecule has 0 bridgehead atoms. The fourth-order valence-corrected chi connectivity index (χ4v) is 2.66. The Bertz CT molecular complexity index is 1050. The standard InChI is InChI=1S/C19H13N3O3/c1-24-15-5-3-12(4-6-15)19(23)17-11-22(25-2)18-8-14(10-21)13(9-20)7-16(17)18/h3-8,11H,1-2H3. The maximum Gasteiger partial charge on any atom is 0.195 e. The van der Waals surface area contributed by atoms with Gasteiger partial charge in [-0.3, -0.25) is 4.79 Å². The summed E-state index contributed by atoms with van der Waals surface area (Å²) in [5.74, 6) is 0.443. The third-order valence-corrected chi connectivity index (χ3v) is 3.94. The van der Waals surface area contributed by atoms with E-state index in [0.717, 1.165) is 0 Å². The Balaban J connectivity index is 2.20. The third kappa shape index (κ3) is 2.66. The van der Waals surface area contributed by atoms with Crippen molar-refractivity contribution < 1.29 is 14.4 Å². The second-order valence-corrected chi connectivity index (χ2v) is 5.25. The van der Waals surface area contributed by atoms with Gasteiger partial charge in [-0.25, -0.2) is 0 Å². The van der Waals surface area contributed by atoms with Crippen molar-refractivity contribution in [2.24, 2.45) is 0 Å². The van der Waals surface area contributed by atoms with Crippen LogP contribution in [0.3, 0.4) is 0 Å². The van der Waals surface area contributed by atoms with Crippen molar-refractivity contribution in [1.29, 1.82) is 10.5 Å². The van der Waals surface area contributed by atoms with E-state index in [9.17, 15) is 15.3 Å². The summed E-state index contributed by atoms with van der Waals surface area (Å²) in [5, 5.41) is 19.0. The molecule has 0 unspecified atom stereocenters. The number of benzene rings is 2. The van der Waals surface area contributed by atoms with Gasteiger partial charge >= 0.3 is 0 Å². The molecule has 0 aliphatic rings. The van der Waals surface area contributed by atoms with Gasteiger partial charge in [0.25, 0.3) is 0 Å². The maximum absolute atomic E-state index is 12.9. The molecule has 1 aromatic heterocycles. The predicted octanol–water partition coefficient (Wildman–Crippen LogP) is 2.68. The number of ketones is 1. The number of rotatable bonds is 4. The Labute approximate surface area is 144 Å². The molecule has 3 rings (SSSR count). The molecule has 0 aliphatic heterocycles. The van der Waals surface area contributed by atoms with Gasteiger partial charge in [0.2, 0.25) is 0 Å². The second-order valence-electron chi connectivity index (χ2n) is 5.25. The minimum absolute atomic E-state index is 0.211. The zero-order valence-electron chi connectivity index (χ0n) is 13.6. The molecule has 0 aliphatic carbocycles. The molecule has 3 aromatic rings. The van der Waals surface area contributed by atoms with E-state index < -0.39 is 0 Å². The lowest BCUT2D eigenvalue weighted by atomic mass is 9.99. The second kappa shape index (κ2) is 6.38. The topological polar surface area (TPSA) is 88.0 Å². The lowest BCUT2D eigenvalue weighted by molar-refractivity contribution is 0.103. The van der Waals surface area contributed by atoms with E-state index in [1.165, 1.54) is 11.8 Å². The zero-order valence-corrected chi connectivity index (χ0v) is 13.6. The summed E-state index contributed by atoms with van der Waals surface area (Å²) >= 11 is 0. The highest BCUT2D eigenvalue weighted by Gasteiger charge is 2.19. The van der Waals surface area contributed by atoms with Gasteiger partial charge in [-0.05, 0) is 36.4 Å². The van der Waals surface area contributed by atoms with Crippen LogP contribution in [0.1, 0.15) is 27.0 Å². The van der Waals surface area contributed by atoms with Gasteiger partial charge in [-0.2, -0.15) is 15.3 Å². The molecule has 2 aromatic carbocycles. The molecule has 6 heteroatoms. The van der Waals surface area contributed by atoms with Crippen LogP contribution >= 0.6 is 0 Å². The summed E-state index contributed by atoms with van der Waals surface area (Å²) < 4.78 is 6.51. The van der Waals surface area contributed by atoms with Crippen LogP contribution in [0.5, 0.6) is 5.75 Å². The summed E-state index contributed by atoms with van der Waals surface area (Å²) in [7, 11) is 3.02. The van der Waals surface area contributed by atoms with E-state index >= 15 is 0 Å².